The van der Waals surface area contributed by atoms with Crippen molar-refractivity contribution >= 4 is 11.9 Å². The molecule has 1 aromatic carbocycles. The number of nitrogens with one attached hydrogen (secondary N) is 2. The highest BCUT2D eigenvalue weighted by Crippen LogP contribution is 2.34. The lowest BCUT2D eigenvalue weighted by molar-refractivity contribution is -0.123. The zero-order valence-electron chi connectivity index (χ0n) is 10.2. The van der Waals surface area contributed by atoms with Crippen LogP contribution in [0.2, 0.25) is 0 Å². The van der Waals surface area contributed by atoms with Crippen LogP contribution in [0.5, 0.6) is 5.75 Å². The van der Waals surface area contributed by atoms with Crippen LogP contribution in [0.4, 0.5) is 4.79 Å². The molecule has 0 bridgehead atoms. The van der Waals surface area contributed by atoms with E-state index in [2.05, 4.69) is 10.6 Å². The molecule has 5 nitrogen and oxygen atoms in total. The van der Waals surface area contributed by atoms with E-state index in [1.165, 1.54) is 0 Å². The van der Waals surface area contributed by atoms with Gasteiger partial charge in [-0.2, -0.15) is 0 Å². The largest absolute Gasteiger partial charge is 0.490 e. The molecule has 3 rings (SSSR count). The lowest BCUT2D eigenvalue weighted by Gasteiger charge is -2.21. The number of ether oxygens (including phenoxy) is 1. The predicted octanol–water partition coefficient (Wildman–Crippen LogP) is 1.06. The Bertz CT molecular complexity index is 555. The summed E-state index contributed by atoms with van der Waals surface area (Å²) in [6.07, 6.45) is 1.04. The van der Waals surface area contributed by atoms with Crippen molar-refractivity contribution in [3.05, 3.63) is 29.3 Å². The van der Waals surface area contributed by atoms with E-state index in [4.69, 9.17) is 4.74 Å². The standard InChI is InChI=1S/C13H14N2O3/c1-7-5-8-3-4-9(6-10(8)18-7)13(2)11(16)14-12(17)15-13/h3-4,6-7H,5H2,1-2H3,(H2,14,15,16,17). The van der Waals surface area contributed by atoms with Crippen molar-refractivity contribution in [1.29, 1.82) is 0 Å². The van der Waals surface area contributed by atoms with Crippen LogP contribution in [0.3, 0.4) is 0 Å². The Morgan fingerprint density at radius 3 is 2.83 bits per heavy atom. The van der Waals surface area contributed by atoms with Gasteiger partial charge in [-0.15, -0.1) is 0 Å². The van der Waals surface area contributed by atoms with Crippen LogP contribution in [0.15, 0.2) is 18.2 Å². The molecule has 0 radical (unpaired) electrons. The predicted molar refractivity (Wildman–Crippen MR) is 64.3 cm³/mol. The number of hydrogen-bond acceptors (Lipinski definition) is 3. The van der Waals surface area contributed by atoms with E-state index < -0.39 is 11.6 Å². The van der Waals surface area contributed by atoms with Crippen molar-refractivity contribution in [1.82, 2.24) is 10.6 Å². The van der Waals surface area contributed by atoms with Crippen molar-refractivity contribution in [3.8, 4) is 5.75 Å². The van der Waals surface area contributed by atoms with Crippen molar-refractivity contribution in [2.45, 2.75) is 31.9 Å². The van der Waals surface area contributed by atoms with Crippen LogP contribution in [-0.2, 0) is 16.8 Å². The first-order valence-corrected chi connectivity index (χ1v) is 5.93. The maximum absolute atomic E-state index is 11.8. The quantitative estimate of drug-likeness (QED) is 0.728. The van der Waals surface area contributed by atoms with Crippen molar-refractivity contribution in [2.24, 2.45) is 0 Å². The summed E-state index contributed by atoms with van der Waals surface area (Å²) in [5, 5.41) is 4.90. The number of benzene rings is 1. The molecule has 0 saturated carbocycles. The molecule has 2 atom stereocenters. The summed E-state index contributed by atoms with van der Waals surface area (Å²) in [4.78, 5) is 23.1. The summed E-state index contributed by atoms with van der Waals surface area (Å²) in [5.74, 6) is 0.466. The third kappa shape index (κ3) is 1.47. The number of rotatable bonds is 1. The van der Waals surface area contributed by atoms with Crippen molar-refractivity contribution in [2.75, 3.05) is 0 Å². The molecule has 1 aromatic rings. The van der Waals surface area contributed by atoms with Crippen LogP contribution in [0.1, 0.15) is 25.0 Å². The Labute approximate surface area is 105 Å². The van der Waals surface area contributed by atoms with Crippen LogP contribution >= 0.6 is 0 Å². The third-order valence-electron chi connectivity index (χ3n) is 3.52. The summed E-state index contributed by atoms with van der Waals surface area (Å²) >= 11 is 0. The molecule has 2 aliphatic heterocycles. The molecule has 2 heterocycles. The Balaban J connectivity index is 2.01. The molecular formula is C13H14N2O3. The highest BCUT2D eigenvalue weighted by Gasteiger charge is 2.43. The maximum Gasteiger partial charge on any atom is 0.322 e. The lowest BCUT2D eigenvalue weighted by Crippen LogP contribution is -2.40. The molecule has 0 spiro atoms. The maximum atomic E-state index is 11.8. The molecule has 1 saturated heterocycles. The highest BCUT2D eigenvalue weighted by atomic mass is 16.5. The number of carbonyl (C=O) groups is 2. The minimum atomic E-state index is -1.01. The molecule has 18 heavy (non-hydrogen) atoms. The van der Waals surface area contributed by atoms with Gasteiger partial charge in [0.05, 0.1) is 0 Å². The number of urea groups is 1. The molecular weight excluding hydrogens is 232 g/mol. The lowest BCUT2D eigenvalue weighted by atomic mass is 9.91. The smallest absolute Gasteiger partial charge is 0.322 e. The molecule has 0 aromatic heterocycles. The topological polar surface area (TPSA) is 67.4 Å². The van der Waals surface area contributed by atoms with Gasteiger partial charge in [-0.3, -0.25) is 10.1 Å². The summed E-state index contributed by atoms with van der Waals surface area (Å²) in [5.41, 5.74) is 0.861. The zero-order chi connectivity index (χ0) is 12.9. The van der Waals surface area contributed by atoms with Crippen LogP contribution in [0.25, 0.3) is 0 Å². The second kappa shape index (κ2) is 3.48. The summed E-state index contributed by atoms with van der Waals surface area (Å²) < 4.78 is 5.67. The van der Waals surface area contributed by atoms with Crippen molar-refractivity contribution in [3.63, 3.8) is 0 Å². The first-order chi connectivity index (χ1) is 8.49. The molecule has 2 N–H and O–H groups in total. The molecule has 5 heteroatoms. The van der Waals surface area contributed by atoms with Gasteiger partial charge < -0.3 is 10.1 Å². The minimum Gasteiger partial charge on any atom is -0.490 e. The second-order valence-corrected chi connectivity index (χ2v) is 4.99. The molecule has 0 aliphatic carbocycles. The van der Waals surface area contributed by atoms with E-state index in [0.717, 1.165) is 23.3 Å². The number of carbonyl (C=O) groups excluding carboxylic acids is 2. The minimum absolute atomic E-state index is 0.162. The van der Waals surface area contributed by atoms with E-state index in [1.807, 2.05) is 25.1 Å². The van der Waals surface area contributed by atoms with Gasteiger partial charge in [0.15, 0.2) is 0 Å². The number of amides is 3. The van der Waals surface area contributed by atoms with E-state index in [-0.39, 0.29) is 12.0 Å². The van der Waals surface area contributed by atoms with E-state index >= 15 is 0 Å². The molecule has 3 amide bonds. The number of fused-ring (bicyclic) bond motifs is 1. The Kier molecular flexibility index (Phi) is 2.14. The second-order valence-electron chi connectivity index (χ2n) is 4.99. The monoisotopic (exact) mass is 246 g/mol. The molecule has 2 aliphatic rings. The van der Waals surface area contributed by atoms with Crippen LogP contribution in [0, 0.1) is 0 Å². The average Bonchev–Trinajstić information content (AvgIpc) is 2.78. The first-order valence-electron chi connectivity index (χ1n) is 5.93. The Hall–Kier alpha value is -2.04. The zero-order valence-corrected chi connectivity index (χ0v) is 10.2. The molecule has 94 valence electrons. The number of imide groups is 1. The Morgan fingerprint density at radius 2 is 2.17 bits per heavy atom. The van der Waals surface area contributed by atoms with Gasteiger partial charge in [-0.05, 0) is 31.0 Å². The van der Waals surface area contributed by atoms with E-state index in [1.54, 1.807) is 6.92 Å². The summed E-state index contributed by atoms with van der Waals surface area (Å²) in [6.45, 7) is 3.69. The van der Waals surface area contributed by atoms with Gasteiger partial charge >= 0.3 is 6.03 Å². The van der Waals surface area contributed by atoms with Gasteiger partial charge in [0.1, 0.15) is 17.4 Å². The SMILES string of the molecule is CC1Cc2ccc(C3(C)NC(=O)NC3=O)cc2O1. The molecule has 2 unspecified atom stereocenters. The first kappa shape index (κ1) is 11.1. The third-order valence-corrected chi connectivity index (χ3v) is 3.52. The van der Waals surface area contributed by atoms with Crippen LogP contribution < -0.4 is 15.4 Å². The van der Waals surface area contributed by atoms with Gasteiger partial charge in [0, 0.05) is 6.42 Å². The van der Waals surface area contributed by atoms with Gasteiger partial charge in [0.25, 0.3) is 5.91 Å². The van der Waals surface area contributed by atoms with Gasteiger partial charge in [-0.25, -0.2) is 4.79 Å². The fourth-order valence-electron chi connectivity index (χ4n) is 2.46. The summed E-state index contributed by atoms with van der Waals surface area (Å²) in [6, 6.07) is 5.20. The van der Waals surface area contributed by atoms with Crippen molar-refractivity contribution < 1.29 is 14.3 Å². The fourth-order valence-corrected chi connectivity index (χ4v) is 2.46. The number of hydrogen-bond donors (Lipinski definition) is 2. The van der Waals surface area contributed by atoms with Crippen LogP contribution in [-0.4, -0.2) is 18.0 Å². The average molecular weight is 246 g/mol. The molecule has 1 fully saturated rings. The normalized spacial score (nSPS) is 29.6. The fraction of sp³-hybridized carbons (Fsp3) is 0.385. The Morgan fingerprint density at radius 1 is 1.39 bits per heavy atom. The highest BCUT2D eigenvalue weighted by molar-refractivity contribution is 6.07. The van der Waals surface area contributed by atoms with E-state index in [0.29, 0.717) is 0 Å². The van der Waals surface area contributed by atoms with Gasteiger partial charge in [0.2, 0.25) is 0 Å². The van der Waals surface area contributed by atoms with Gasteiger partial charge in [-0.1, -0.05) is 12.1 Å². The van der Waals surface area contributed by atoms with E-state index in [9.17, 15) is 9.59 Å². The summed E-state index contributed by atoms with van der Waals surface area (Å²) in [7, 11) is 0.